The number of amides is 1. The molecule has 2 aromatic rings. The van der Waals surface area contributed by atoms with Crippen LogP contribution in [0.15, 0.2) is 73.3 Å². The number of hydrogen-bond donors (Lipinski definition) is 1. The second-order valence-corrected chi connectivity index (χ2v) is 5.12. The molecule has 0 heterocycles. The quantitative estimate of drug-likeness (QED) is 0.502. The van der Waals surface area contributed by atoms with Crippen molar-refractivity contribution in [2.24, 2.45) is 5.92 Å². The summed E-state index contributed by atoms with van der Waals surface area (Å²) in [6, 6.07) is 18.7. The summed E-state index contributed by atoms with van der Waals surface area (Å²) in [6.45, 7) is 3.72. The lowest BCUT2D eigenvalue weighted by Gasteiger charge is -2.12. The molecule has 1 amide bonds. The van der Waals surface area contributed by atoms with Crippen LogP contribution in [-0.2, 0) is 27.4 Å². The number of nitrogens with one attached hydrogen (secondary N) is 1. The van der Waals surface area contributed by atoms with Crippen LogP contribution >= 0.6 is 0 Å². The SMILES string of the molecule is C=C[C@H](Cc1ccccc1)C(=O)NOC(=O)OCc1ccccc1. The lowest BCUT2D eigenvalue weighted by atomic mass is 9.99. The van der Waals surface area contributed by atoms with E-state index in [4.69, 9.17) is 4.74 Å². The number of rotatable bonds is 6. The summed E-state index contributed by atoms with van der Waals surface area (Å²) in [4.78, 5) is 28.2. The first kappa shape index (κ1) is 17.3. The van der Waals surface area contributed by atoms with Crippen LogP contribution in [0.5, 0.6) is 0 Å². The van der Waals surface area contributed by atoms with Crippen molar-refractivity contribution in [3.05, 3.63) is 84.4 Å². The molecule has 5 nitrogen and oxygen atoms in total. The molecule has 0 saturated heterocycles. The Labute approximate surface area is 140 Å². The molecule has 0 aliphatic carbocycles. The van der Waals surface area contributed by atoms with Gasteiger partial charge >= 0.3 is 6.16 Å². The minimum Gasteiger partial charge on any atom is -0.428 e. The highest BCUT2D eigenvalue weighted by atomic mass is 16.8. The van der Waals surface area contributed by atoms with E-state index in [1.807, 2.05) is 60.7 Å². The van der Waals surface area contributed by atoms with Gasteiger partial charge < -0.3 is 9.57 Å². The van der Waals surface area contributed by atoms with Gasteiger partial charge in [-0.1, -0.05) is 66.7 Å². The summed E-state index contributed by atoms with van der Waals surface area (Å²) in [7, 11) is 0. The van der Waals surface area contributed by atoms with E-state index in [0.717, 1.165) is 11.1 Å². The maximum Gasteiger partial charge on any atom is 0.533 e. The van der Waals surface area contributed by atoms with Gasteiger partial charge in [0.25, 0.3) is 5.91 Å². The van der Waals surface area contributed by atoms with Crippen LogP contribution in [0.2, 0.25) is 0 Å². The smallest absolute Gasteiger partial charge is 0.428 e. The van der Waals surface area contributed by atoms with Crippen LogP contribution in [0.4, 0.5) is 4.79 Å². The first-order chi connectivity index (χ1) is 11.7. The van der Waals surface area contributed by atoms with E-state index in [-0.39, 0.29) is 6.61 Å². The molecular weight excluding hydrogens is 306 g/mol. The van der Waals surface area contributed by atoms with Crippen molar-refractivity contribution in [3.8, 4) is 0 Å². The number of hydroxylamine groups is 1. The van der Waals surface area contributed by atoms with Crippen molar-refractivity contribution in [3.63, 3.8) is 0 Å². The van der Waals surface area contributed by atoms with Gasteiger partial charge in [0.1, 0.15) is 6.61 Å². The summed E-state index contributed by atoms with van der Waals surface area (Å²) in [5, 5.41) is 0. The molecule has 24 heavy (non-hydrogen) atoms. The molecule has 124 valence electrons. The molecular formula is C19H19NO4. The van der Waals surface area contributed by atoms with Gasteiger partial charge in [-0.3, -0.25) is 4.79 Å². The molecule has 1 N–H and O–H groups in total. The fourth-order valence-corrected chi connectivity index (χ4v) is 2.06. The number of benzene rings is 2. The van der Waals surface area contributed by atoms with Crippen LogP contribution < -0.4 is 5.48 Å². The Balaban J connectivity index is 1.76. The van der Waals surface area contributed by atoms with Gasteiger partial charge in [-0.15, -0.1) is 6.58 Å². The minimum atomic E-state index is -0.963. The second-order valence-electron chi connectivity index (χ2n) is 5.12. The van der Waals surface area contributed by atoms with Crippen molar-refractivity contribution in [2.45, 2.75) is 13.0 Å². The van der Waals surface area contributed by atoms with Crippen molar-refractivity contribution in [2.75, 3.05) is 0 Å². The van der Waals surface area contributed by atoms with Gasteiger partial charge in [-0.25, -0.2) is 4.79 Å². The third-order valence-corrected chi connectivity index (χ3v) is 3.35. The molecule has 5 heteroatoms. The Morgan fingerprint density at radius 1 is 1.00 bits per heavy atom. The topological polar surface area (TPSA) is 64.6 Å². The van der Waals surface area contributed by atoms with Crippen molar-refractivity contribution in [1.29, 1.82) is 0 Å². The second kappa shape index (κ2) is 9.15. The normalized spacial score (nSPS) is 11.2. The molecule has 0 aromatic heterocycles. The largest absolute Gasteiger partial charge is 0.533 e. The van der Waals surface area contributed by atoms with E-state index in [1.165, 1.54) is 6.08 Å². The van der Waals surface area contributed by atoms with Crippen molar-refractivity contribution >= 4 is 12.1 Å². The summed E-state index contributed by atoms with van der Waals surface area (Å²) < 4.78 is 4.91. The van der Waals surface area contributed by atoms with Gasteiger partial charge in [-0.2, -0.15) is 5.48 Å². The van der Waals surface area contributed by atoms with Crippen molar-refractivity contribution in [1.82, 2.24) is 5.48 Å². The van der Waals surface area contributed by atoms with E-state index < -0.39 is 18.0 Å². The lowest BCUT2D eigenvalue weighted by molar-refractivity contribution is -0.134. The molecule has 1 atom stereocenters. The van der Waals surface area contributed by atoms with Crippen molar-refractivity contribution < 1.29 is 19.2 Å². The lowest BCUT2D eigenvalue weighted by Crippen LogP contribution is -2.33. The third kappa shape index (κ3) is 5.61. The average molecular weight is 325 g/mol. The molecule has 0 saturated carbocycles. The molecule has 2 aromatic carbocycles. The predicted octanol–water partition coefficient (Wildman–Crippen LogP) is 3.42. The molecule has 0 bridgehead atoms. The monoisotopic (exact) mass is 325 g/mol. The zero-order valence-corrected chi connectivity index (χ0v) is 13.2. The summed E-state index contributed by atoms with van der Waals surface area (Å²) in [5.41, 5.74) is 3.92. The summed E-state index contributed by atoms with van der Waals surface area (Å²) >= 11 is 0. The first-order valence-electron chi connectivity index (χ1n) is 7.53. The highest BCUT2D eigenvalue weighted by molar-refractivity contribution is 5.80. The van der Waals surface area contributed by atoms with E-state index >= 15 is 0 Å². The maximum atomic E-state index is 12.0. The van der Waals surface area contributed by atoms with Crippen LogP contribution in [0.25, 0.3) is 0 Å². The van der Waals surface area contributed by atoms with Gasteiger partial charge in [0.05, 0.1) is 5.92 Å². The maximum absolute atomic E-state index is 12.0. The number of carbonyl (C=O) groups excluding carboxylic acids is 2. The highest BCUT2D eigenvalue weighted by Gasteiger charge is 2.17. The molecule has 0 aliphatic rings. The molecule has 2 rings (SSSR count). The van der Waals surface area contributed by atoms with Crippen LogP contribution in [0.1, 0.15) is 11.1 Å². The standard InChI is InChI=1S/C19H19NO4/c1-2-17(13-15-9-5-3-6-10-15)18(21)20-24-19(22)23-14-16-11-7-4-8-12-16/h2-12,17H,1,13-14H2,(H,20,21)/t17-/m1/s1. The molecule has 0 aliphatic heterocycles. The zero-order chi connectivity index (χ0) is 17.2. The van der Waals surface area contributed by atoms with Gasteiger partial charge in [0.15, 0.2) is 0 Å². The average Bonchev–Trinajstić information content (AvgIpc) is 2.64. The fourth-order valence-electron chi connectivity index (χ4n) is 2.06. The molecule has 0 fully saturated rings. The summed E-state index contributed by atoms with van der Waals surface area (Å²) in [5.74, 6) is -0.958. The Morgan fingerprint density at radius 2 is 1.58 bits per heavy atom. The Kier molecular flexibility index (Phi) is 6.58. The fraction of sp³-hybridized carbons (Fsp3) is 0.158. The van der Waals surface area contributed by atoms with E-state index in [2.05, 4.69) is 16.9 Å². The zero-order valence-electron chi connectivity index (χ0n) is 13.2. The van der Waals surface area contributed by atoms with Gasteiger partial charge in [0.2, 0.25) is 0 Å². The molecule has 0 spiro atoms. The number of carbonyl (C=O) groups is 2. The minimum absolute atomic E-state index is 0.0739. The van der Waals surface area contributed by atoms with Crippen LogP contribution in [-0.4, -0.2) is 12.1 Å². The van der Waals surface area contributed by atoms with E-state index in [0.29, 0.717) is 6.42 Å². The number of ether oxygens (including phenoxy) is 1. The molecule has 0 unspecified atom stereocenters. The van der Waals surface area contributed by atoms with Crippen LogP contribution in [0, 0.1) is 5.92 Å². The van der Waals surface area contributed by atoms with Gasteiger partial charge in [-0.05, 0) is 17.5 Å². The number of hydrogen-bond acceptors (Lipinski definition) is 4. The first-order valence-corrected chi connectivity index (χ1v) is 7.53. The molecule has 0 radical (unpaired) electrons. The van der Waals surface area contributed by atoms with E-state index in [9.17, 15) is 9.59 Å². The summed E-state index contributed by atoms with van der Waals surface area (Å²) in [6.07, 6.45) is 1.02. The predicted molar refractivity (Wildman–Crippen MR) is 89.7 cm³/mol. The Hall–Kier alpha value is -3.08. The van der Waals surface area contributed by atoms with E-state index in [1.54, 1.807) is 0 Å². The highest BCUT2D eigenvalue weighted by Crippen LogP contribution is 2.10. The Bertz CT molecular complexity index is 670. The van der Waals surface area contributed by atoms with Gasteiger partial charge in [0, 0.05) is 0 Å². The Morgan fingerprint density at radius 3 is 2.17 bits per heavy atom. The third-order valence-electron chi connectivity index (χ3n) is 3.35. The van der Waals surface area contributed by atoms with Crippen LogP contribution in [0.3, 0.4) is 0 Å².